The van der Waals surface area contributed by atoms with Gasteiger partial charge in [0, 0.05) is 12.6 Å². The van der Waals surface area contributed by atoms with Crippen molar-refractivity contribution in [3.05, 3.63) is 0 Å². The molecule has 1 aliphatic heterocycles. The van der Waals surface area contributed by atoms with Crippen molar-refractivity contribution in [3.63, 3.8) is 0 Å². The molecule has 0 aromatic heterocycles. The van der Waals surface area contributed by atoms with Crippen LogP contribution in [-0.2, 0) is 0 Å². The highest BCUT2D eigenvalue weighted by molar-refractivity contribution is 4.71. The van der Waals surface area contributed by atoms with E-state index >= 15 is 0 Å². The summed E-state index contributed by atoms with van der Waals surface area (Å²) in [5.41, 5.74) is 5.68. The van der Waals surface area contributed by atoms with Crippen LogP contribution in [0.15, 0.2) is 0 Å². The van der Waals surface area contributed by atoms with Crippen molar-refractivity contribution >= 4 is 0 Å². The molecule has 0 radical (unpaired) electrons. The smallest absolute Gasteiger partial charge is 0.0168 e. The first kappa shape index (κ1) is 6.05. The van der Waals surface area contributed by atoms with Gasteiger partial charge in [-0.15, -0.1) is 0 Å². The van der Waals surface area contributed by atoms with Crippen molar-refractivity contribution in [1.29, 1.82) is 0 Å². The molecule has 0 aromatic carbocycles. The largest absolute Gasteiger partial charge is 0.327 e. The van der Waals surface area contributed by atoms with Gasteiger partial charge >= 0.3 is 0 Å². The highest BCUT2D eigenvalue weighted by Gasteiger charge is 2.11. The van der Waals surface area contributed by atoms with E-state index in [0.29, 0.717) is 6.04 Å². The first-order chi connectivity index (χ1) is 3.79. The van der Waals surface area contributed by atoms with Crippen LogP contribution >= 0.6 is 0 Å². The second-order valence-electron chi connectivity index (χ2n) is 2.66. The number of rotatable bonds is 0. The van der Waals surface area contributed by atoms with E-state index in [0.717, 1.165) is 6.54 Å². The Labute approximate surface area is 50.7 Å². The van der Waals surface area contributed by atoms with E-state index < -0.39 is 0 Å². The Morgan fingerprint density at radius 3 is 2.75 bits per heavy atom. The van der Waals surface area contributed by atoms with Crippen LogP contribution in [0.2, 0.25) is 0 Å². The molecule has 1 atom stereocenters. The van der Waals surface area contributed by atoms with Crippen molar-refractivity contribution in [3.8, 4) is 0 Å². The third-order valence-electron chi connectivity index (χ3n) is 1.66. The number of likely N-dealkylation sites (N-methyl/N-ethyl adjacent to an activating group) is 1. The number of nitrogens with zero attached hydrogens (tertiary/aromatic N) is 1. The molecule has 48 valence electrons. The SMILES string of the molecule is CN1CCCC(N)C1. The second kappa shape index (κ2) is 2.46. The van der Waals surface area contributed by atoms with Gasteiger partial charge in [-0.3, -0.25) is 0 Å². The summed E-state index contributed by atoms with van der Waals surface area (Å²) < 4.78 is 0. The minimum Gasteiger partial charge on any atom is -0.327 e. The maximum Gasteiger partial charge on any atom is 0.0168 e. The molecule has 1 saturated heterocycles. The Morgan fingerprint density at radius 2 is 2.38 bits per heavy atom. The molecular formula is C6H14N2. The molecule has 1 aliphatic rings. The lowest BCUT2D eigenvalue weighted by atomic mass is 10.1. The molecule has 0 aliphatic carbocycles. The van der Waals surface area contributed by atoms with Crippen LogP contribution < -0.4 is 5.73 Å². The fraction of sp³-hybridized carbons (Fsp3) is 1.00. The quantitative estimate of drug-likeness (QED) is 0.482. The van der Waals surface area contributed by atoms with Crippen molar-refractivity contribution < 1.29 is 0 Å². The van der Waals surface area contributed by atoms with Crippen molar-refractivity contribution in [2.45, 2.75) is 18.9 Å². The molecule has 0 spiro atoms. The van der Waals surface area contributed by atoms with Crippen LogP contribution in [0.4, 0.5) is 0 Å². The van der Waals surface area contributed by atoms with E-state index in [4.69, 9.17) is 5.73 Å². The third kappa shape index (κ3) is 1.46. The van der Waals surface area contributed by atoms with E-state index in [1.165, 1.54) is 19.4 Å². The molecule has 0 saturated carbocycles. The Balaban J connectivity index is 2.23. The molecule has 1 heterocycles. The summed E-state index contributed by atoms with van der Waals surface area (Å²) in [6.07, 6.45) is 2.49. The number of hydrogen-bond donors (Lipinski definition) is 1. The molecule has 8 heavy (non-hydrogen) atoms. The molecule has 2 heteroatoms. The number of hydrogen-bond acceptors (Lipinski definition) is 2. The normalized spacial score (nSPS) is 33.0. The number of piperidine rings is 1. The van der Waals surface area contributed by atoms with Crippen LogP contribution in [-0.4, -0.2) is 31.1 Å². The Kier molecular flexibility index (Phi) is 1.86. The van der Waals surface area contributed by atoms with E-state index in [1.54, 1.807) is 0 Å². The van der Waals surface area contributed by atoms with Gasteiger partial charge in [-0.05, 0) is 26.4 Å². The molecule has 2 N–H and O–H groups in total. The monoisotopic (exact) mass is 114 g/mol. The van der Waals surface area contributed by atoms with Gasteiger partial charge < -0.3 is 10.6 Å². The molecular weight excluding hydrogens is 100 g/mol. The van der Waals surface area contributed by atoms with Crippen LogP contribution in [0.1, 0.15) is 12.8 Å². The predicted octanol–water partition coefficient (Wildman–Crippen LogP) is 0.0393. The summed E-state index contributed by atoms with van der Waals surface area (Å²) in [7, 11) is 2.12. The van der Waals surface area contributed by atoms with E-state index in [1.807, 2.05) is 0 Å². The summed E-state index contributed by atoms with van der Waals surface area (Å²) in [6.45, 7) is 2.31. The second-order valence-corrected chi connectivity index (χ2v) is 2.66. The lowest BCUT2D eigenvalue weighted by Gasteiger charge is -2.26. The van der Waals surface area contributed by atoms with E-state index in [2.05, 4.69) is 11.9 Å². The highest BCUT2D eigenvalue weighted by atomic mass is 15.1. The zero-order valence-corrected chi connectivity index (χ0v) is 5.43. The third-order valence-corrected chi connectivity index (χ3v) is 1.66. The predicted molar refractivity (Wildman–Crippen MR) is 34.7 cm³/mol. The summed E-state index contributed by atoms with van der Waals surface area (Å²) in [4.78, 5) is 2.29. The standard InChI is InChI=1S/C6H14N2/c1-8-4-2-3-6(7)5-8/h6H,2-5,7H2,1H3. The van der Waals surface area contributed by atoms with Crippen LogP contribution in [0, 0.1) is 0 Å². The summed E-state index contributed by atoms with van der Waals surface area (Å²) in [5.74, 6) is 0. The lowest BCUT2D eigenvalue weighted by molar-refractivity contribution is 0.252. The molecule has 1 rings (SSSR count). The van der Waals surface area contributed by atoms with Gasteiger partial charge in [0.25, 0.3) is 0 Å². The maximum absolute atomic E-state index is 5.68. The Bertz CT molecular complexity index is 64.9. The van der Waals surface area contributed by atoms with Gasteiger partial charge in [-0.25, -0.2) is 0 Å². The first-order valence-corrected chi connectivity index (χ1v) is 3.23. The van der Waals surface area contributed by atoms with Gasteiger partial charge in [0.2, 0.25) is 0 Å². The lowest BCUT2D eigenvalue weighted by Crippen LogP contribution is -2.40. The van der Waals surface area contributed by atoms with Crippen molar-refractivity contribution in [2.75, 3.05) is 20.1 Å². The molecule has 0 bridgehead atoms. The van der Waals surface area contributed by atoms with Crippen LogP contribution in [0.3, 0.4) is 0 Å². The zero-order chi connectivity index (χ0) is 5.98. The average molecular weight is 114 g/mol. The molecule has 2 nitrogen and oxygen atoms in total. The van der Waals surface area contributed by atoms with Crippen molar-refractivity contribution in [1.82, 2.24) is 4.90 Å². The summed E-state index contributed by atoms with van der Waals surface area (Å²) >= 11 is 0. The van der Waals surface area contributed by atoms with E-state index in [-0.39, 0.29) is 0 Å². The summed E-state index contributed by atoms with van der Waals surface area (Å²) in [6, 6.07) is 0.439. The van der Waals surface area contributed by atoms with Crippen molar-refractivity contribution in [2.24, 2.45) is 5.73 Å². The van der Waals surface area contributed by atoms with Gasteiger partial charge in [0.15, 0.2) is 0 Å². The highest BCUT2D eigenvalue weighted by Crippen LogP contribution is 2.04. The fourth-order valence-electron chi connectivity index (χ4n) is 1.21. The molecule has 0 amide bonds. The topological polar surface area (TPSA) is 29.3 Å². The van der Waals surface area contributed by atoms with Gasteiger partial charge in [-0.1, -0.05) is 0 Å². The van der Waals surface area contributed by atoms with Gasteiger partial charge in [-0.2, -0.15) is 0 Å². The fourth-order valence-corrected chi connectivity index (χ4v) is 1.21. The number of likely N-dealkylation sites (tertiary alicyclic amines) is 1. The van der Waals surface area contributed by atoms with Gasteiger partial charge in [0.1, 0.15) is 0 Å². The first-order valence-electron chi connectivity index (χ1n) is 3.23. The zero-order valence-electron chi connectivity index (χ0n) is 5.43. The summed E-state index contributed by atoms with van der Waals surface area (Å²) in [5, 5.41) is 0. The van der Waals surface area contributed by atoms with Crippen LogP contribution in [0.25, 0.3) is 0 Å². The van der Waals surface area contributed by atoms with Gasteiger partial charge in [0.05, 0.1) is 0 Å². The minimum atomic E-state index is 0.439. The molecule has 1 fully saturated rings. The molecule has 1 unspecified atom stereocenters. The number of nitrogens with two attached hydrogens (primary N) is 1. The molecule has 0 aromatic rings. The average Bonchev–Trinajstić information content (AvgIpc) is 1.64. The van der Waals surface area contributed by atoms with Crippen LogP contribution in [0.5, 0.6) is 0 Å². The maximum atomic E-state index is 5.68. The van der Waals surface area contributed by atoms with E-state index in [9.17, 15) is 0 Å². The Morgan fingerprint density at radius 1 is 1.62 bits per heavy atom. The Hall–Kier alpha value is -0.0800. The minimum absolute atomic E-state index is 0.439.